The van der Waals surface area contributed by atoms with Gasteiger partial charge in [-0.25, -0.2) is 4.79 Å². The number of ether oxygens (including phenoxy) is 2. The molecule has 3 N–H and O–H groups in total. The molecule has 2 aliphatic heterocycles. The lowest BCUT2D eigenvalue weighted by molar-refractivity contribution is -0.137. The van der Waals surface area contributed by atoms with E-state index in [2.05, 4.69) is 5.32 Å². The highest BCUT2D eigenvalue weighted by Gasteiger charge is 2.66. The summed E-state index contributed by atoms with van der Waals surface area (Å²) in [5, 5.41) is 33.9. The number of alkyl halides is 3. The Kier molecular flexibility index (Phi) is 5.42. The van der Waals surface area contributed by atoms with Crippen LogP contribution in [0, 0.1) is 11.3 Å². The quantitative estimate of drug-likeness (QED) is 0.455. The van der Waals surface area contributed by atoms with Crippen molar-refractivity contribution in [2.45, 2.75) is 50.3 Å². The highest BCUT2D eigenvalue weighted by Crippen LogP contribution is 2.65. The van der Waals surface area contributed by atoms with E-state index in [1.165, 1.54) is 12.1 Å². The fraction of sp³-hybridized carbons (Fsp3) is 0.308. The lowest BCUT2D eigenvalue weighted by Crippen LogP contribution is -2.39. The number of nitrogens with zero attached hydrogens (tertiary/aromatic N) is 2. The van der Waals surface area contributed by atoms with E-state index in [1.54, 1.807) is 13.8 Å². The summed E-state index contributed by atoms with van der Waals surface area (Å²) in [5.41, 5.74) is -3.35. The third kappa shape index (κ3) is 3.76. The molecule has 0 aliphatic carbocycles. The number of benzene rings is 2. The number of alkyl carbamates (subject to hydrolysis) is 1. The van der Waals surface area contributed by atoms with E-state index in [0.717, 1.165) is 16.2 Å². The molecule has 2 aliphatic rings. The van der Waals surface area contributed by atoms with Gasteiger partial charge in [0.05, 0.1) is 34.0 Å². The Labute approximate surface area is 209 Å². The number of aromatic nitrogens is 1. The summed E-state index contributed by atoms with van der Waals surface area (Å²) in [4.78, 5) is 12.5. The summed E-state index contributed by atoms with van der Waals surface area (Å²) in [6.07, 6.45) is -6.24. The predicted molar refractivity (Wildman–Crippen MR) is 123 cm³/mol. The van der Waals surface area contributed by atoms with Crippen LogP contribution in [0.2, 0.25) is 0 Å². The maximum Gasteiger partial charge on any atom is 0.417 e. The van der Waals surface area contributed by atoms with Gasteiger partial charge in [0.2, 0.25) is 11.8 Å². The Hall–Kier alpha value is -4.17. The topological polar surface area (TPSA) is 117 Å². The molecule has 1 fully saturated rings. The highest BCUT2D eigenvalue weighted by molar-refractivity contribution is 5.69. The van der Waals surface area contributed by atoms with Crippen molar-refractivity contribution in [3.05, 3.63) is 76.3 Å². The van der Waals surface area contributed by atoms with Crippen molar-refractivity contribution in [3.63, 3.8) is 0 Å². The van der Waals surface area contributed by atoms with Crippen molar-refractivity contribution in [3.8, 4) is 23.5 Å². The maximum absolute atomic E-state index is 13.5. The first kappa shape index (κ1) is 24.5. The summed E-state index contributed by atoms with van der Waals surface area (Å²) >= 11 is 0. The zero-order valence-corrected chi connectivity index (χ0v) is 19.8. The SMILES string of the molecule is C[C@]12C[C@@H](OC(=O)NCc3ccccc3)[C@](C)(O1)c1c2c(O)n(-c2ccc(C#N)c(C(F)(F)F)c2)c1O. The van der Waals surface area contributed by atoms with Gasteiger partial charge in [-0.2, -0.15) is 18.4 Å². The van der Waals surface area contributed by atoms with E-state index in [4.69, 9.17) is 14.7 Å². The molecule has 3 atom stereocenters. The monoisotopic (exact) mass is 513 g/mol. The summed E-state index contributed by atoms with van der Waals surface area (Å²) < 4.78 is 53.2. The van der Waals surface area contributed by atoms with Gasteiger partial charge in [-0.15, -0.1) is 0 Å². The molecule has 192 valence electrons. The van der Waals surface area contributed by atoms with Crippen LogP contribution in [-0.2, 0) is 33.4 Å². The molecular formula is C26H22F3N3O5. The van der Waals surface area contributed by atoms with Crippen molar-refractivity contribution >= 4 is 6.09 Å². The average Bonchev–Trinajstić information content (AvgIpc) is 3.37. The third-order valence-corrected chi connectivity index (χ3v) is 6.99. The number of fused-ring (bicyclic) bond motifs is 5. The third-order valence-electron chi connectivity index (χ3n) is 6.99. The number of nitrogens with one attached hydrogen (secondary N) is 1. The molecule has 8 nitrogen and oxygen atoms in total. The van der Waals surface area contributed by atoms with Gasteiger partial charge in [0.1, 0.15) is 17.3 Å². The second kappa shape index (κ2) is 8.18. The van der Waals surface area contributed by atoms with Crippen LogP contribution in [0.15, 0.2) is 48.5 Å². The van der Waals surface area contributed by atoms with Gasteiger partial charge in [-0.05, 0) is 37.6 Å². The predicted octanol–water partition coefficient (Wildman–Crippen LogP) is 4.94. The van der Waals surface area contributed by atoms with Crippen LogP contribution in [0.25, 0.3) is 5.69 Å². The van der Waals surface area contributed by atoms with Gasteiger partial charge in [-0.3, -0.25) is 4.57 Å². The minimum Gasteiger partial charge on any atom is -0.494 e. The minimum absolute atomic E-state index is 0.123. The van der Waals surface area contributed by atoms with E-state index in [9.17, 15) is 28.2 Å². The van der Waals surface area contributed by atoms with E-state index >= 15 is 0 Å². The molecule has 2 aromatic carbocycles. The van der Waals surface area contributed by atoms with Crippen molar-refractivity contribution in [1.29, 1.82) is 5.26 Å². The Bertz CT molecular complexity index is 1450. The number of carbonyl (C=O) groups is 1. The molecule has 0 spiro atoms. The Morgan fingerprint density at radius 2 is 1.86 bits per heavy atom. The first-order chi connectivity index (χ1) is 17.4. The van der Waals surface area contributed by atoms with Crippen LogP contribution >= 0.6 is 0 Å². The zero-order chi connectivity index (χ0) is 26.8. The molecule has 1 aromatic heterocycles. The number of halogens is 3. The number of hydrogen-bond acceptors (Lipinski definition) is 6. The van der Waals surface area contributed by atoms with Crippen LogP contribution in [0.5, 0.6) is 11.8 Å². The Morgan fingerprint density at radius 3 is 2.51 bits per heavy atom. The molecule has 5 rings (SSSR count). The average molecular weight is 513 g/mol. The van der Waals surface area contributed by atoms with Crippen LogP contribution < -0.4 is 5.32 Å². The van der Waals surface area contributed by atoms with Gasteiger partial charge >= 0.3 is 12.3 Å². The largest absolute Gasteiger partial charge is 0.494 e. The molecule has 3 heterocycles. The Morgan fingerprint density at radius 1 is 1.19 bits per heavy atom. The Balaban J connectivity index is 1.48. The fourth-order valence-corrected chi connectivity index (χ4v) is 5.35. The smallest absolute Gasteiger partial charge is 0.417 e. The molecule has 1 saturated heterocycles. The van der Waals surface area contributed by atoms with Crippen molar-refractivity contribution in [2.24, 2.45) is 0 Å². The van der Waals surface area contributed by atoms with Crippen LogP contribution in [0.3, 0.4) is 0 Å². The van der Waals surface area contributed by atoms with E-state index in [-0.39, 0.29) is 29.8 Å². The molecule has 0 saturated carbocycles. The van der Waals surface area contributed by atoms with Gasteiger partial charge in [0.15, 0.2) is 0 Å². The normalized spacial score (nSPS) is 23.9. The summed E-state index contributed by atoms with van der Waals surface area (Å²) in [6.45, 7) is 3.46. The molecule has 0 unspecified atom stereocenters. The highest BCUT2D eigenvalue weighted by atomic mass is 19.4. The molecule has 0 radical (unpaired) electrons. The molecule has 3 aromatic rings. The number of carbonyl (C=O) groups excluding carboxylic acids is 1. The number of aromatic hydroxyl groups is 2. The van der Waals surface area contributed by atoms with Crippen LogP contribution in [-0.4, -0.2) is 27.0 Å². The first-order valence-electron chi connectivity index (χ1n) is 11.4. The molecule has 2 bridgehead atoms. The minimum atomic E-state index is -4.83. The molecule has 11 heteroatoms. The fourth-order valence-electron chi connectivity index (χ4n) is 5.35. The maximum atomic E-state index is 13.5. The van der Waals surface area contributed by atoms with E-state index < -0.39 is 52.5 Å². The second-order valence-corrected chi connectivity index (χ2v) is 9.45. The van der Waals surface area contributed by atoms with E-state index in [1.807, 2.05) is 30.3 Å². The lowest BCUT2D eigenvalue weighted by Gasteiger charge is -2.29. The van der Waals surface area contributed by atoms with Crippen molar-refractivity contribution in [2.75, 3.05) is 0 Å². The zero-order valence-electron chi connectivity index (χ0n) is 19.8. The standard InChI is InChI=1S/C26H22F3N3O5/c1-24-11-18(36-23(35)31-13-14-6-4-3-5-7-14)25(2,37-24)20-19(24)21(33)32(22(20)34)16-9-8-15(12-30)17(10-16)26(27,28)29/h3-10,18,33-34H,11,13H2,1-2H3,(H,31,35)/t18-,24-,25+/m1/s1. The first-order valence-corrected chi connectivity index (χ1v) is 11.4. The summed E-state index contributed by atoms with van der Waals surface area (Å²) in [6, 6.07) is 13.6. The summed E-state index contributed by atoms with van der Waals surface area (Å²) in [5.74, 6) is -1.04. The van der Waals surface area contributed by atoms with Gasteiger partial charge < -0.3 is 25.0 Å². The van der Waals surface area contributed by atoms with Gasteiger partial charge in [0, 0.05) is 13.0 Å². The molecular weight excluding hydrogens is 491 g/mol. The number of amides is 1. The van der Waals surface area contributed by atoms with Crippen molar-refractivity contribution < 1.29 is 37.7 Å². The van der Waals surface area contributed by atoms with Gasteiger partial charge in [-0.1, -0.05) is 30.3 Å². The lowest BCUT2D eigenvalue weighted by atomic mass is 9.78. The second-order valence-electron chi connectivity index (χ2n) is 9.45. The number of hydrogen-bond donors (Lipinski definition) is 3. The van der Waals surface area contributed by atoms with Crippen LogP contribution in [0.4, 0.5) is 18.0 Å². The number of rotatable bonds is 4. The van der Waals surface area contributed by atoms with Crippen LogP contribution in [0.1, 0.15) is 48.1 Å². The molecule has 1 amide bonds. The van der Waals surface area contributed by atoms with Gasteiger partial charge in [0.25, 0.3) is 0 Å². The summed E-state index contributed by atoms with van der Waals surface area (Å²) in [7, 11) is 0. The number of nitriles is 1. The van der Waals surface area contributed by atoms with Crippen molar-refractivity contribution in [1.82, 2.24) is 9.88 Å². The van der Waals surface area contributed by atoms with E-state index in [0.29, 0.717) is 6.07 Å². The molecule has 37 heavy (non-hydrogen) atoms.